The smallest absolute Gasteiger partial charge is 0.118 e. The van der Waals surface area contributed by atoms with Crippen molar-refractivity contribution in [3.05, 3.63) is 29.3 Å². The number of aryl methyl sites for hydroxylation is 1. The number of phenols is 1. The van der Waals surface area contributed by atoms with Gasteiger partial charge in [0.2, 0.25) is 0 Å². The minimum atomic E-state index is 0.0747. The van der Waals surface area contributed by atoms with Gasteiger partial charge in [0, 0.05) is 6.61 Å². The Morgan fingerprint density at radius 1 is 1.36 bits per heavy atom. The Labute approximate surface area is 84.2 Å². The lowest BCUT2D eigenvalue weighted by atomic mass is 9.96. The predicted octanol–water partition coefficient (Wildman–Crippen LogP) is 2.02. The highest BCUT2D eigenvalue weighted by Crippen LogP contribution is 2.48. The number of aromatic hydroxyl groups is 1. The summed E-state index contributed by atoms with van der Waals surface area (Å²) in [4.78, 5) is 0. The van der Waals surface area contributed by atoms with Crippen LogP contribution in [0.25, 0.3) is 0 Å². The molecule has 1 saturated carbocycles. The van der Waals surface area contributed by atoms with Gasteiger partial charge < -0.3 is 10.2 Å². The van der Waals surface area contributed by atoms with Crippen molar-refractivity contribution in [2.75, 3.05) is 6.61 Å². The summed E-state index contributed by atoms with van der Waals surface area (Å²) in [6.07, 6.45) is 2.96. The first kappa shape index (κ1) is 9.53. The molecular weight excluding hydrogens is 176 g/mol. The number of hydrogen-bond acceptors (Lipinski definition) is 2. The van der Waals surface area contributed by atoms with E-state index in [1.807, 2.05) is 19.1 Å². The highest BCUT2D eigenvalue weighted by Gasteiger charge is 2.42. The fourth-order valence-electron chi connectivity index (χ4n) is 1.83. The first-order valence-electron chi connectivity index (χ1n) is 5.05. The molecule has 0 aromatic heterocycles. The second-order valence-corrected chi connectivity index (χ2v) is 4.47. The van der Waals surface area contributed by atoms with Crippen molar-refractivity contribution in [2.24, 2.45) is 5.41 Å². The Morgan fingerprint density at radius 3 is 2.64 bits per heavy atom. The minimum absolute atomic E-state index is 0.0747. The van der Waals surface area contributed by atoms with Gasteiger partial charge in [0.25, 0.3) is 0 Å². The first-order chi connectivity index (χ1) is 6.65. The van der Waals surface area contributed by atoms with Gasteiger partial charge in [-0.3, -0.25) is 0 Å². The maximum Gasteiger partial charge on any atom is 0.118 e. The van der Waals surface area contributed by atoms with Gasteiger partial charge in [-0.2, -0.15) is 0 Å². The summed E-state index contributed by atoms with van der Waals surface area (Å²) in [5.74, 6) is 0.357. The molecule has 0 saturated heterocycles. The number of aliphatic hydroxyl groups is 1. The topological polar surface area (TPSA) is 40.5 Å². The van der Waals surface area contributed by atoms with Crippen molar-refractivity contribution >= 4 is 0 Å². The number of phenolic OH excluding ortho intramolecular Hbond substituents is 1. The van der Waals surface area contributed by atoms with Crippen LogP contribution in [0, 0.1) is 12.3 Å². The molecule has 2 rings (SSSR count). The zero-order valence-corrected chi connectivity index (χ0v) is 8.45. The Kier molecular flexibility index (Phi) is 2.23. The SMILES string of the molecule is Cc1ccc(O)c(CC2(CO)CC2)c1. The van der Waals surface area contributed by atoms with Gasteiger partial charge in [-0.15, -0.1) is 0 Å². The molecule has 1 aromatic carbocycles. The molecule has 0 radical (unpaired) electrons. The van der Waals surface area contributed by atoms with Crippen molar-refractivity contribution in [2.45, 2.75) is 26.2 Å². The van der Waals surface area contributed by atoms with Gasteiger partial charge in [-0.1, -0.05) is 17.7 Å². The normalized spacial score (nSPS) is 18.1. The average Bonchev–Trinajstić information content (AvgIpc) is 2.92. The first-order valence-corrected chi connectivity index (χ1v) is 5.05. The van der Waals surface area contributed by atoms with E-state index in [9.17, 15) is 10.2 Å². The van der Waals surface area contributed by atoms with E-state index in [0.29, 0.717) is 5.75 Å². The van der Waals surface area contributed by atoms with Crippen molar-refractivity contribution < 1.29 is 10.2 Å². The van der Waals surface area contributed by atoms with Gasteiger partial charge in [0.05, 0.1) is 0 Å². The molecular formula is C12H16O2. The number of benzene rings is 1. The van der Waals surface area contributed by atoms with Crippen LogP contribution in [-0.4, -0.2) is 16.8 Å². The zero-order valence-electron chi connectivity index (χ0n) is 8.45. The molecule has 1 aromatic rings. The molecule has 2 heteroatoms. The second-order valence-electron chi connectivity index (χ2n) is 4.47. The fraction of sp³-hybridized carbons (Fsp3) is 0.500. The van der Waals surface area contributed by atoms with Crippen molar-refractivity contribution in [3.63, 3.8) is 0 Å². The third-order valence-electron chi connectivity index (χ3n) is 3.09. The van der Waals surface area contributed by atoms with Crippen LogP contribution >= 0.6 is 0 Å². The van der Waals surface area contributed by atoms with Crippen LogP contribution in [0.5, 0.6) is 5.75 Å². The van der Waals surface area contributed by atoms with Gasteiger partial charge in [0.15, 0.2) is 0 Å². The number of rotatable bonds is 3. The Bertz CT molecular complexity index is 340. The van der Waals surface area contributed by atoms with E-state index in [1.54, 1.807) is 6.07 Å². The maximum atomic E-state index is 9.64. The monoisotopic (exact) mass is 192 g/mol. The van der Waals surface area contributed by atoms with Crippen LogP contribution in [0.1, 0.15) is 24.0 Å². The number of hydrogen-bond donors (Lipinski definition) is 2. The molecule has 0 bridgehead atoms. The van der Waals surface area contributed by atoms with Crippen LogP contribution in [0.2, 0.25) is 0 Å². The summed E-state index contributed by atoms with van der Waals surface area (Å²) in [6.45, 7) is 2.25. The molecule has 1 aliphatic carbocycles. The van der Waals surface area contributed by atoms with E-state index in [-0.39, 0.29) is 12.0 Å². The maximum absolute atomic E-state index is 9.64. The lowest BCUT2D eigenvalue weighted by molar-refractivity contribution is 0.210. The van der Waals surface area contributed by atoms with Crippen LogP contribution < -0.4 is 0 Å². The standard InChI is InChI=1S/C12H16O2/c1-9-2-3-11(14)10(6-9)7-12(8-13)4-5-12/h2-3,6,13-14H,4-5,7-8H2,1H3. The molecule has 0 aliphatic heterocycles. The Morgan fingerprint density at radius 2 is 2.07 bits per heavy atom. The fourth-order valence-corrected chi connectivity index (χ4v) is 1.83. The van der Waals surface area contributed by atoms with Crippen LogP contribution in [-0.2, 0) is 6.42 Å². The molecule has 1 fully saturated rings. The molecule has 0 unspecified atom stereocenters. The molecule has 14 heavy (non-hydrogen) atoms. The van der Waals surface area contributed by atoms with E-state index >= 15 is 0 Å². The zero-order chi connectivity index (χ0) is 10.2. The van der Waals surface area contributed by atoms with Gasteiger partial charge in [-0.25, -0.2) is 0 Å². The average molecular weight is 192 g/mol. The molecule has 1 aliphatic rings. The summed E-state index contributed by atoms with van der Waals surface area (Å²) in [5, 5.41) is 18.8. The van der Waals surface area contributed by atoms with Gasteiger partial charge in [0.1, 0.15) is 5.75 Å². The minimum Gasteiger partial charge on any atom is -0.508 e. The van der Waals surface area contributed by atoms with Gasteiger partial charge in [-0.05, 0) is 43.2 Å². The highest BCUT2D eigenvalue weighted by molar-refractivity contribution is 5.37. The summed E-state index contributed by atoms with van der Waals surface area (Å²) < 4.78 is 0. The molecule has 0 atom stereocenters. The molecule has 0 amide bonds. The molecule has 2 nitrogen and oxygen atoms in total. The molecule has 2 N–H and O–H groups in total. The summed E-state index contributed by atoms with van der Waals surface area (Å²) in [6, 6.07) is 5.64. The third-order valence-corrected chi connectivity index (χ3v) is 3.09. The predicted molar refractivity (Wildman–Crippen MR) is 55.3 cm³/mol. The summed E-state index contributed by atoms with van der Waals surface area (Å²) in [5.41, 5.74) is 2.20. The Balaban J connectivity index is 2.20. The van der Waals surface area contributed by atoms with E-state index in [0.717, 1.165) is 30.4 Å². The van der Waals surface area contributed by atoms with Crippen molar-refractivity contribution in [3.8, 4) is 5.75 Å². The summed E-state index contributed by atoms with van der Waals surface area (Å²) in [7, 11) is 0. The quantitative estimate of drug-likeness (QED) is 0.769. The molecule has 0 heterocycles. The van der Waals surface area contributed by atoms with E-state index < -0.39 is 0 Å². The van der Waals surface area contributed by atoms with Gasteiger partial charge >= 0.3 is 0 Å². The lowest BCUT2D eigenvalue weighted by Gasteiger charge is -2.13. The molecule has 0 spiro atoms. The lowest BCUT2D eigenvalue weighted by Crippen LogP contribution is -2.10. The van der Waals surface area contributed by atoms with Crippen molar-refractivity contribution in [1.29, 1.82) is 0 Å². The third kappa shape index (κ3) is 1.75. The van der Waals surface area contributed by atoms with Crippen LogP contribution in [0.4, 0.5) is 0 Å². The second kappa shape index (κ2) is 3.28. The van der Waals surface area contributed by atoms with E-state index in [4.69, 9.17) is 0 Å². The highest BCUT2D eigenvalue weighted by atomic mass is 16.3. The molecule has 76 valence electrons. The Hall–Kier alpha value is -1.02. The number of aliphatic hydroxyl groups excluding tert-OH is 1. The van der Waals surface area contributed by atoms with E-state index in [2.05, 4.69) is 0 Å². The summed E-state index contributed by atoms with van der Waals surface area (Å²) >= 11 is 0. The van der Waals surface area contributed by atoms with E-state index in [1.165, 1.54) is 0 Å². The van der Waals surface area contributed by atoms with Crippen LogP contribution in [0.15, 0.2) is 18.2 Å². The largest absolute Gasteiger partial charge is 0.508 e. The van der Waals surface area contributed by atoms with Crippen LogP contribution in [0.3, 0.4) is 0 Å². The van der Waals surface area contributed by atoms with Crippen molar-refractivity contribution in [1.82, 2.24) is 0 Å².